The number of carboxylic acid groups (broad SMARTS) is 1. The minimum absolute atomic E-state index is 0.0910. The van der Waals surface area contributed by atoms with E-state index < -0.39 is 12.0 Å². The molecule has 1 aromatic rings. The highest BCUT2D eigenvalue weighted by Gasteiger charge is 2.30. The van der Waals surface area contributed by atoms with Crippen molar-refractivity contribution in [1.82, 2.24) is 0 Å². The summed E-state index contributed by atoms with van der Waals surface area (Å²) in [5.41, 5.74) is 8.95. The normalized spacial score (nSPS) is 17.6. The molecule has 0 aliphatic carbocycles. The molecule has 0 saturated heterocycles. The summed E-state index contributed by atoms with van der Waals surface area (Å²) in [5, 5.41) is 8.89. The zero-order valence-corrected chi connectivity index (χ0v) is 9.94. The first-order chi connectivity index (χ1) is 8.66. The van der Waals surface area contributed by atoms with E-state index in [9.17, 15) is 4.79 Å². The van der Waals surface area contributed by atoms with E-state index in [4.69, 9.17) is 20.3 Å². The topological polar surface area (TPSA) is 81.8 Å². The number of ether oxygens (including phenoxy) is 2. The zero-order valence-electron chi connectivity index (χ0n) is 9.94. The van der Waals surface area contributed by atoms with Gasteiger partial charge in [-0.2, -0.15) is 0 Å². The van der Waals surface area contributed by atoms with Crippen molar-refractivity contribution in [2.24, 2.45) is 5.73 Å². The van der Waals surface area contributed by atoms with Gasteiger partial charge < -0.3 is 20.3 Å². The van der Waals surface area contributed by atoms with Crippen molar-refractivity contribution in [3.8, 4) is 11.5 Å². The second-order valence-electron chi connectivity index (χ2n) is 4.66. The number of hydrogen-bond donors (Lipinski definition) is 2. The van der Waals surface area contributed by atoms with Crippen LogP contribution in [-0.4, -0.2) is 24.3 Å². The largest absolute Gasteiger partial charge is 0.493 e. The first-order valence-corrected chi connectivity index (χ1v) is 6.08. The Kier molecular flexibility index (Phi) is 2.63. The molecule has 3 rings (SSSR count). The van der Waals surface area contributed by atoms with Crippen LogP contribution in [0.5, 0.6) is 11.5 Å². The fourth-order valence-electron chi connectivity index (χ4n) is 2.70. The third-order valence-electron chi connectivity index (χ3n) is 3.46. The van der Waals surface area contributed by atoms with Crippen molar-refractivity contribution in [3.05, 3.63) is 22.8 Å². The van der Waals surface area contributed by atoms with Crippen molar-refractivity contribution < 1.29 is 19.4 Å². The lowest BCUT2D eigenvalue weighted by Crippen LogP contribution is -2.17. The van der Waals surface area contributed by atoms with E-state index in [1.165, 1.54) is 0 Å². The molecule has 5 nitrogen and oxygen atoms in total. The highest BCUT2D eigenvalue weighted by Crippen LogP contribution is 2.43. The summed E-state index contributed by atoms with van der Waals surface area (Å²) in [5.74, 6) is 0.730. The van der Waals surface area contributed by atoms with Crippen molar-refractivity contribution in [2.45, 2.75) is 25.3 Å². The van der Waals surface area contributed by atoms with E-state index in [2.05, 4.69) is 0 Å². The summed E-state index contributed by atoms with van der Waals surface area (Å²) in [6.45, 7) is 1.26. The van der Waals surface area contributed by atoms with E-state index >= 15 is 0 Å². The summed E-state index contributed by atoms with van der Waals surface area (Å²) >= 11 is 0. The van der Waals surface area contributed by atoms with Crippen molar-refractivity contribution in [1.29, 1.82) is 0 Å². The number of carboxylic acids is 1. The Morgan fingerprint density at radius 3 is 2.94 bits per heavy atom. The summed E-state index contributed by atoms with van der Waals surface area (Å²) < 4.78 is 11.2. The molecule has 0 bridgehead atoms. The van der Waals surface area contributed by atoms with E-state index in [-0.39, 0.29) is 6.42 Å². The van der Waals surface area contributed by atoms with E-state index in [1.54, 1.807) is 0 Å². The molecule has 0 fully saturated rings. The molecule has 2 aliphatic rings. The fourth-order valence-corrected chi connectivity index (χ4v) is 2.70. The molecule has 0 amide bonds. The van der Waals surface area contributed by atoms with Crippen molar-refractivity contribution in [3.63, 3.8) is 0 Å². The molecule has 1 atom stereocenters. The Morgan fingerprint density at radius 2 is 2.17 bits per heavy atom. The number of nitrogens with two attached hydrogens (primary N) is 1. The van der Waals surface area contributed by atoms with Crippen LogP contribution in [0, 0.1) is 0 Å². The van der Waals surface area contributed by atoms with Crippen LogP contribution in [0.2, 0.25) is 0 Å². The SMILES string of the molecule is NC(CC(=O)O)c1c2c(cc3c1OCC3)OCC2. The first kappa shape index (κ1) is 11.3. The van der Waals surface area contributed by atoms with Gasteiger partial charge in [-0.25, -0.2) is 0 Å². The lowest BCUT2D eigenvalue weighted by molar-refractivity contribution is -0.137. The van der Waals surface area contributed by atoms with Crippen LogP contribution >= 0.6 is 0 Å². The van der Waals surface area contributed by atoms with E-state index in [0.717, 1.165) is 41.0 Å². The highest BCUT2D eigenvalue weighted by molar-refractivity contribution is 5.69. The molecule has 1 aromatic carbocycles. The van der Waals surface area contributed by atoms with Gasteiger partial charge in [0.25, 0.3) is 0 Å². The lowest BCUT2D eigenvalue weighted by atomic mass is 9.93. The summed E-state index contributed by atoms with van der Waals surface area (Å²) in [4.78, 5) is 10.8. The molecule has 3 N–H and O–H groups in total. The maximum atomic E-state index is 10.8. The Labute approximate surface area is 104 Å². The van der Waals surface area contributed by atoms with Gasteiger partial charge in [-0.15, -0.1) is 0 Å². The number of benzene rings is 1. The minimum atomic E-state index is -0.897. The molecule has 0 saturated carbocycles. The van der Waals surface area contributed by atoms with Crippen LogP contribution in [0.25, 0.3) is 0 Å². The quantitative estimate of drug-likeness (QED) is 0.836. The van der Waals surface area contributed by atoms with Crippen LogP contribution in [0.15, 0.2) is 6.07 Å². The van der Waals surface area contributed by atoms with Gasteiger partial charge in [0.05, 0.1) is 19.6 Å². The number of fused-ring (bicyclic) bond motifs is 2. The predicted octanol–water partition coefficient (Wildman–Crippen LogP) is 1.03. The van der Waals surface area contributed by atoms with Gasteiger partial charge in [0, 0.05) is 35.6 Å². The van der Waals surface area contributed by atoms with Crippen LogP contribution in [-0.2, 0) is 17.6 Å². The van der Waals surface area contributed by atoms with Crippen LogP contribution in [0.3, 0.4) is 0 Å². The first-order valence-electron chi connectivity index (χ1n) is 6.08. The van der Waals surface area contributed by atoms with Gasteiger partial charge in [-0.1, -0.05) is 0 Å². The van der Waals surface area contributed by atoms with Crippen molar-refractivity contribution in [2.75, 3.05) is 13.2 Å². The summed E-state index contributed by atoms with van der Waals surface area (Å²) in [6.07, 6.45) is 1.51. The average molecular weight is 249 g/mol. The Morgan fingerprint density at radius 1 is 1.39 bits per heavy atom. The van der Waals surface area contributed by atoms with Gasteiger partial charge in [0.2, 0.25) is 0 Å². The van der Waals surface area contributed by atoms with Gasteiger partial charge in [-0.05, 0) is 6.07 Å². The molecule has 96 valence electrons. The van der Waals surface area contributed by atoms with Gasteiger partial charge in [0.15, 0.2) is 0 Å². The monoisotopic (exact) mass is 249 g/mol. The molecular formula is C13H15NO4. The average Bonchev–Trinajstić information content (AvgIpc) is 2.91. The third-order valence-corrected chi connectivity index (χ3v) is 3.46. The molecule has 5 heteroatoms. The van der Waals surface area contributed by atoms with Crippen LogP contribution < -0.4 is 15.2 Å². The van der Waals surface area contributed by atoms with Crippen LogP contribution in [0.1, 0.15) is 29.2 Å². The molecule has 0 aromatic heterocycles. The zero-order chi connectivity index (χ0) is 12.7. The standard InChI is InChI=1S/C13H15NO4/c14-9(6-11(15)16)12-8-2-4-17-10(8)5-7-1-3-18-13(7)12/h5,9H,1-4,6,14H2,(H,15,16). The fraction of sp³-hybridized carbons (Fsp3) is 0.462. The number of rotatable bonds is 3. The van der Waals surface area contributed by atoms with E-state index in [1.807, 2.05) is 6.07 Å². The molecular weight excluding hydrogens is 234 g/mol. The lowest BCUT2D eigenvalue weighted by Gasteiger charge is -2.17. The van der Waals surface area contributed by atoms with Gasteiger partial charge in [0.1, 0.15) is 11.5 Å². The number of hydrogen-bond acceptors (Lipinski definition) is 4. The minimum Gasteiger partial charge on any atom is -0.493 e. The van der Waals surface area contributed by atoms with Gasteiger partial charge in [-0.3, -0.25) is 4.79 Å². The molecule has 2 heterocycles. The molecule has 2 aliphatic heterocycles. The van der Waals surface area contributed by atoms with Crippen LogP contribution in [0.4, 0.5) is 0 Å². The molecule has 0 spiro atoms. The predicted molar refractivity (Wildman–Crippen MR) is 64.0 cm³/mol. The number of carbonyl (C=O) groups is 1. The maximum absolute atomic E-state index is 10.8. The maximum Gasteiger partial charge on any atom is 0.305 e. The van der Waals surface area contributed by atoms with Gasteiger partial charge >= 0.3 is 5.97 Å². The number of aliphatic carboxylic acids is 1. The Balaban J connectivity index is 2.09. The third kappa shape index (κ3) is 1.71. The second-order valence-corrected chi connectivity index (χ2v) is 4.66. The second kappa shape index (κ2) is 4.17. The highest BCUT2D eigenvalue weighted by atomic mass is 16.5. The van der Waals surface area contributed by atoms with E-state index in [0.29, 0.717) is 13.2 Å². The molecule has 1 unspecified atom stereocenters. The Hall–Kier alpha value is -1.75. The Bertz CT molecular complexity index is 480. The summed E-state index contributed by atoms with van der Waals surface area (Å²) in [6, 6.07) is 1.47. The molecule has 18 heavy (non-hydrogen) atoms. The molecule has 0 radical (unpaired) electrons. The summed E-state index contributed by atoms with van der Waals surface area (Å²) in [7, 11) is 0. The smallest absolute Gasteiger partial charge is 0.305 e. The van der Waals surface area contributed by atoms with Crippen molar-refractivity contribution >= 4 is 5.97 Å².